The van der Waals surface area contributed by atoms with Crippen molar-refractivity contribution in [1.82, 2.24) is 15.6 Å². The summed E-state index contributed by atoms with van der Waals surface area (Å²) in [6.45, 7) is 3.83. The van der Waals surface area contributed by atoms with Crippen molar-refractivity contribution in [2.75, 3.05) is 5.73 Å². The lowest BCUT2D eigenvalue weighted by molar-refractivity contribution is -0.130. The van der Waals surface area contributed by atoms with E-state index in [1.54, 1.807) is 25.1 Å². The number of aryl methyl sites for hydroxylation is 1. The van der Waals surface area contributed by atoms with Gasteiger partial charge < -0.3 is 16.4 Å². The summed E-state index contributed by atoms with van der Waals surface area (Å²) in [5.41, 5.74) is 8.25. The van der Waals surface area contributed by atoms with Crippen LogP contribution in [0, 0.1) is 24.6 Å². The molecule has 1 aromatic carbocycles. The number of amides is 2. The van der Waals surface area contributed by atoms with Crippen molar-refractivity contribution in [3.05, 3.63) is 58.0 Å². The van der Waals surface area contributed by atoms with E-state index in [1.165, 1.54) is 6.07 Å². The normalized spacial score (nSPS) is 19.1. The number of nitrogens with one attached hydrogen (secondary N) is 2. The van der Waals surface area contributed by atoms with Crippen LogP contribution in [-0.2, 0) is 22.6 Å². The SMILES string of the molecule is Cc1nc(N)ccc1CNC(=O)[C@H](C)NC(=O)[C@@H]1CC[C@@H](Cc2ccc(F)c(Cl)c2)C1. The molecule has 3 rings (SSSR count). The molecule has 0 bridgehead atoms. The molecule has 4 N–H and O–H groups in total. The Balaban J connectivity index is 1.45. The molecule has 1 aromatic heterocycles. The molecule has 2 amide bonds. The molecule has 0 unspecified atom stereocenters. The van der Waals surface area contributed by atoms with Gasteiger partial charge in [-0.3, -0.25) is 9.59 Å². The van der Waals surface area contributed by atoms with Crippen molar-refractivity contribution in [3.8, 4) is 0 Å². The predicted octanol–water partition coefficient (Wildman–Crippen LogP) is 3.54. The molecule has 1 fully saturated rings. The molecule has 8 heteroatoms. The number of pyridine rings is 1. The Kier molecular flexibility index (Phi) is 7.49. The minimum absolute atomic E-state index is 0.104. The van der Waals surface area contributed by atoms with Crippen LogP contribution in [0.2, 0.25) is 5.02 Å². The number of hydrogen-bond acceptors (Lipinski definition) is 4. The first-order valence-electron chi connectivity index (χ1n) is 10.5. The van der Waals surface area contributed by atoms with E-state index < -0.39 is 11.9 Å². The summed E-state index contributed by atoms with van der Waals surface area (Å²) >= 11 is 5.86. The van der Waals surface area contributed by atoms with E-state index in [-0.39, 0.29) is 22.8 Å². The third-order valence-corrected chi connectivity index (χ3v) is 6.13. The first kappa shape index (κ1) is 23.0. The van der Waals surface area contributed by atoms with Crippen LogP contribution in [0.15, 0.2) is 30.3 Å². The molecule has 1 saturated carbocycles. The predicted molar refractivity (Wildman–Crippen MR) is 119 cm³/mol. The molecule has 0 aliphatic heterocycles. The molecule has 0 radical (unpaired) electrons. The van der Waals surface area contributed by atoms with Crippen LogP contribution in [0.3, 0.4) is 0 Å². The van der Waals surface area contributed by atoms with Crippen molar-refractivity contribution < 1.29 is 14.0 Å². The van der Waals surface area contributed by atoms with Crippen LogP contribution in [0.25, 0.3) is 0 Å². The first-order chi connectivity index (χ1) is 14.7. The van der Waals surface area contributed by atoms with Gasteiger partial charge in [0.25, 0.3) is 0 Å². The number of nitrogens with zero attached hydrogens (tertiary/aromatic N) is 1. The zero-order valence-electron chi connectivity index (χ0n) is 17.8. The minimum Gasteiger partial charge on any atom is -0.384 e. The maximum atomic E-state index is 13.3. The van der Waals surface area contributed by atoms with E-state index in [0.717, 1.165) is 42.5 Å². The lowest BCUT2D eigenvalue weighted by Crippen LogP contribution is -2.46. The van der Waals surface area contributed by atoms with E-state index in [9.17, 15) is 14.0 Å². The standard InChI is InChI=1S/C23H28ClFN4O2/c1-13-18(6-8-21(26)28-13)12-27-22(30)14(2)29-23(31)17-5-3-15(10-17)9-16-4-7-20(25)19(24)11-16/h4,6-8,11,14-15,17H,3,5,9-10,12H2,1-2H3,(H2,26,28)(H,27,30)(H,29,31)/t14-,15-,17+/m0/s1. The molecule has 3 atom stereocenters. The van der Waals surface area contributed by atoms with E-state index in [0.29, 0.717) is 18.3 Å². The van der Waals surface area contributed by atoms with Gasteiger partial charge in [0.1, 0.15) is 17.7 Å². The fourth-order valence-corrected chi connectivity index (χ4v) is 4.23. The fraction of sp³-hybridized carbons (Fsp3) is 0.435. The summed E-state index contributed by atoms with van der Waals surface area (Å²) < 4.78 is 13.3. The van der Waals surface area contributed by atoms with E-state index in [2.05, 4.69) is 15.6 Å². The van der Waals surface area contributed by atoms with E-state index in [4.69, 9.17) is 17.3 Å². The lowest BCUT2D eigenvalue weighted by atomic mass is 9.96. The van der Waals surface area contributed by atoms with Gasteiger partial charge in [-0.1, -0.05) is 23.7 Å². The molecule has 2 aromatic rings. The number of benzene rings is 1. The highest BCUT2D eigenvalue weighted by atomic mass is 35.5. The average Bonchev–Trinajstić information content (AvgIpc) is 3.18. The number of halogens is 2. The zero-order valence-corrected chi connectivity index (χ0v) is 18.5. The summed E-state index contributed by atoms with van der Waals surface area (Å²) in [6, 6.07) is 7.64. The Bertz CT molecular complexity index is 969. The van der Waals surface area contributed by atoms with Crippen LogP contribution in [0.1, 0.15) is 43.0 Å². The van der Waals surface area contributed by atoms with Crippen LogP contribution in [0.5, 0.6) is 0 Å². The second-order valence-corrected chi connectivity index (χ2v) is 8.66. The molecular formula is C23H28ClFN4O2. The first-order valence-corrected chi connectivity index (χ1v) is 10.8. The van der Waals surface area contributed by atoms with Gasteiger partial charge in [0.15, 0.2) is 0 Å². The number of rotatable bonds is 7. The second kappa shape index (κ2) is 10.1. The maximum Gasteiger partial charge on any atom is 0.242 e. The summed E-state index contributed by atoms with van der Waals surface area (Å²) in [7, 11) is 0. The molecule has 1 aliphatic carbocycles. The molecular weight excluding hydrogens is 419 g/mol. The van der Waals surface area contributed by atoms with Crippen molar-refractivity contribution in [2.24, 2.45) is 11.8 Å². The number of carbonyl (C=O) groups is 2. The van der Waals surface area contributed by atoms with Gasteiger partial charge in [-0.25, -0.2) is 9.37 Å². The van der Waals surface area contributed by atoms with Crippen molar-refractivity contribution in [1.29, 1.82) is 0 Å². The van der Waals surface area contributed by atoms with Crippen LogP contribution < -0.4 is 16.4 Å². The Hall–Kier alpha value is -2.67. The summed E-state index contributed by atoms with van der Waals surface area (Å²) in [5.74, 6) is -0.135. The largest absolute Gasteiger partial charge is 0.384 e. The number of nitrogens with two attached hydrogens (primary N) is 1. The van der Waals surface area contributed by atoms with E-state index >= 15 is 0 Å². The number of anilines is 1. The second-order valence-electron chi connectivity index (χ2n) is 8.26. The van der Waals surface area contributed by atoms with E-state index in [1.807, 2.05) is 13.0 Å². The Labute approximate surface area is 186 Å². The summed E-state index contributed by atoms with van der Waals surface area (Å²) in [5, 5.41) is 5.77. The maximum absolute atomic E-state index is 13.3. The highest BCUT2D eigenvalue weighted by molar-refractivity contribution is 6.30. The van der Waals surface area contributed by atoms with Crippen LogP contribution in [0.4, 0.5) is 10.2 Å². The smallest absolute Gasteiger partial charge is 0.242 e. The summed E-state index contributed by atoms with van der Waals surface area (Å²) in [6.07, 6.45) is 3.19. The van der Waals surface area contributed by atoms with Crippen LogP contribution >= 0.6 is 11.6 Å². The fourth-order valence-electron chi connectivity index (χ4n) is 4.03. The monoisotopic (exact) mass is 446 g/mol. The van der Waals surface area contributed by atoms with Gasteiger partial charge in [0.05, 0.1) is 5.02 Å². The average molecular weight is 447 g/mol. The number of hydrogen-bond donors (Lipinski definition) is 3. The highest BCUT2D eigenvalue weighted by Crippen LogP contribution is 2.34. The number of nitrogen functional groups attached to an aromatic ring is 1. The van der Waals surface area contributed by atoms with Crippen molar-refractivity contribution >= 4 is 29.2 Å². The van der Waals surface area contributed by atoms with Gasteiger partial charge in [0, 0.05) is 18.2 Å². The van der Waals surface area contributed by atoms with Gasteiger partial charge in [-0.05, 0) is 74.8 Å². The Morgan fingerprint density at radius 1 is 1.29 bits per heavy atom. The third-order valence-electron chi connectivity index (χ3n) is 5.84. The minimum atomic E-state index is -0.635. The zero-order chi connectivity index (χ0) is 22.5. The quantitative estimate of drug-likeness (QED) is 0.605. The summed E-state index contributed by atoms with van der Waals surface area (Å²) in [4.78, 5) is 29.2. The topological polar surface area (TPSA) is 97.1 Å². The molecule has 31 heavy (non-hydrogen) atoms. The third kappa shape index (κ3) is 6.17. The Morgan fingerprint density at radius 2 is 2.06 bits per heavy atom. The molecule has 1 aliphatic rings. The molecule has 166 valence electrons. The van der Waals surface area contributed by atoms with Gasteiger partial charge in [-0.15, -0.1) is 0 Å². The van der Waals surface area contributed by atoms with Crippen molar-refractivity contribution in [2.45, 2.75) is 52.1 Å². The number of aromatic nitrogens is 1. The van der Waals surface area contributed by atoms with Crippen LogP contribution in [-0.4, -0.2) is 22.8 Å². The molecule has 0 spiro atoms. The highest BCUT2D eigenvalue weighted by Gasteiger charge is 2.31. The molecule has 0 saturated heterocycles. The van der Waals surface area contributed by atoms with Crippen molar-refractivity contribution in [3.63, 3.8) is 0 Å². The number of carbonyl (C=O) groups excluding carboxylic acids is 2. The molecule has 6 nitrogen and oxygen atoms in total. The van der Waals surface area contributed by atoms with Gasteiger partial charge in [-0.2, -0.15) is 0 Å². The Morgan fingerprint density at radius 3 is 2.77 bits per heavy atom. The van der Waals surface area contributed by atoms with Gasteiger partial charge >= 0.3 is 0 Å². The lowest BCUT2D eigenvalue weighted by Gasteiger charge is -2.17. The van der Waals surface area contributed by atoms with Gasteiger partial charge in [0.2, 0.25) is 11.8 Å². The molecule has 1 heterocycles.